The van der Waals surface area contributed by atoms with Gasteiger partial charge in [0.05, 0.1) is 46.1 Å². The molecule has 3 aromatic rings. The van der Waals surface area contributed by atoms with Crippen molar-refractivity contribution in [1.29, 1.82) is 0 Å². The van der Waals surface area contributed by atoms with Crippen molar-refractivity contribution in [2.24, 2.45) is 0 Å². The van der Waals surface area contributed by atoms with Gasteiger partial charge in [-0.1, -0.05) is 53.5 Å². The number of nitrogens with two attached hydrogens (primary N) is 1. The second-order valence-corrected chi connectivity index (χ2v) is 11.5. The molecular formula is C26H28Cl3N3O4S. The maximum absolute atomic E-state index is 13.1. The van der Waals surface area contributed by atoms with Crippen LogP contribution in [-0.2, 0) is 28.6 Å². The minimum atomic E-state index is -3.62. The molecule has 1 heterocycles. The zero-order valence-electron chi connectivity index (χ0n) is 20.4. The number of sulfone groups is 1. The summed E-state index contributed by atoms with van der Waals surface area (Å²) in [7, 11) is -2.20. The van der Waals surface area contributed by atoms with E-state index in [1.165, 1.54) is 36.4 Å². The Labute approximate surface area is 233 Å². The van der Waals surface area contributed by atoms with Crippen LogP contribution in [0.3, 0.4) is 0 Å². The van der Waals surface area contributed by atoms with E-state index in [1.807, 2.05) is 18.2 Å². The molecule has 0 fully saturated rings. The lowest BCUT2D eigenvalue weighted by molar-refractivity contribution is -0.673. The number of fused-ring (bicyclic) bond motifs is 1. The van der Waals surface area contributed by atoms with Crippen molar-refractivity contribution in [3.63, 3.8) is 0 Å². The van der Waals surface area contributed by atoms with Crippen molar-refractivity contribution in [3.05, 3.63) is 86.9 Å². The largest absolute Gasteiger partial charge is 1.00 e. The number of ether oxygens (including phenoxy) is 1. The number of halogens is 3. The second-order valence-electron chi connectivity index (χ2n) is 8.72. The first-order valence-corrected chi connectivity index (χ1v) is 13.9. The molecule has 198 valence electrons. The third-order valence-electron chi connectivity index (χ3n) is 6.19. The summed E-state index contributed by atoms with van der Waals surface area (Å²) in [5.74, 6) is 0.124. The van der Waals surface area contributed by atoms with Crippen LogP contribution in [0.2, 0.25) is 10.0 Å². The average Bonchev–Trinajstić information content (AvgIpc) is 2.85. The van der Waals surface area contributed by atoms with Crippen molar-refractivity contribution in [2.75, 3.05) is 19.0 Å². The molecule has 0 saturated heterocycles. The third-order valence-corrected chi connectivity index (χ3v) is 8.70. The normalized spacial score (nSPS) is 13.6. The molecule has 0 bridgehead atoms. The number of methoxy groups -OCH3 is 1. The molecule has 11 heteroatoms. The van der Waals surface area contributed by atoms with E-state index < -0.39 is 21.9 Å². The lowest BCUT2D eigenvalue weighted by Crippen LogP contribution is -3.00. The van der Waals surface area contributed by atoms with Crippen LogP contribution in [0.1, 0.15) is 35.2 Å². The van der Waals surface area contributed by atoms with Crippen molar-refractivity contribution >= 4 is 44.8 Å². The highest BCUT2D eigenvalue weighted by Crippen LogP contribution is 2.31. The fraction of sp³-hybridized carbons (Fsp3) is 0.269. The molecule has 1 aliphatic heterocycles. The van der Waals surface area contributed by atoms with E-state index in [4.69, 9.17) is 27.9 Å². The van der Waals surface area contributed by atoms with Crippen LogP contribution < -0.4 is 33.1 Å². The fourth-order valence-corrected chi connectivity index (χ4v) is 6.09. The Morgan fingerprint density at radius 3 is 2.65 bits per heavy atom. The molecule has 1 unspecified atom stereocenters. The Bertz CT molecular complexity index is 1400. The summed E-state index contributed by atoms with van der Waals surface area (Å²) in [6, 6.07) is 14.6. The zero-order chi connectivity index (χ0) is 25.9. The molecular weight excluding hydrogens is 557 g/mol. The number of anilines is 1. The van der Waals surface area contributed by atoms with Gasteiger partial charge < -0.3 is 33.1 Å². The molecule has 3 aromatic carbocycles. The van der Waals surface area contributed by atoms with E-state index in [1.54, 1.807) is 25.1 Å². The number of hydrogen-bond donors (Lipinski definition) is 3. The Kier molecular flexibility index (Phi) is 9.72. The number of carbonyl (C=O) groups is 1. The van der Waals surface area contributed by atoms with Gasteiger partial charge in [-0.2, -0.15) is 0 Å². The van der Waals surface area contributed by atoms with Crippen molar-refractivity contribution < 1.29 is 35.7 Å². The Balaban J connectivity index is 0.00000380. The molecule has 0 radical (unpaired) electrons. The summed E-state index contributed by atoms with van der Waals surface area (Å²) in [4.78, 5) is 12.7. The highest BCUT2D eigenvalue weighted by atomic mass is 35.5. The number of urea groups is 1. The predicted octanol–water partition coefficient (Wildman–Crippen LogP) is 1.48. The number of carbonyl (C=O) groups excluding carboxylic acids is 1. The van der Waals surface area contributed by atoms with E-state index in [2.05, 4.69) is 16.0 Å². The van der Waals surface area contributed by atoms with Gasteiger partial charge in [0.25, 0.3) is 0 Å². The van der Waals surface area contributed by atoms with E-state index >= 15 is 0 Å². The first-order valence-electron chi connectivity index (χ1n) is 11.5. The van der Waals surface area contributed by atoms with Gasteiger partial charge in [-0.3, -0.25) is 0 Å². The van der Waals surface area contributed by atoms with Crippen LogP contribution in [-0.4, -0.2) is 28.1 Å². The highest BCUT2D eigenvalue weighted by Gasteiger charge is 2.21. The van der Waals surface area contributed by atoms with Crippen LogP contribution in [0, 0.1) is 0 Å². The zero-order valence-corrected chi connectivity index (χ0v) is 23.4. The van der Waals surface area contributed by atoms with Gasteiger partial charge in [0.1, 0.15) is 12.3 Å². The number of nitrogens with one attached hydrogen (secondary N) is 2. The lowest BCUT2D eigenvalue weighted by atomic mass is 9.99. The molecule has 37 heavy (non-hydrogen) atoms. The molecule has 0 aliphatic carbocycles. The first-order chi connectivity index (χ1) is 17.2. The maximum atomic E-state index is 13.1. The van der Waals surface area contributed by atoms with Crippen LogP contribution in [0.4, 0.5) is 10.5 Å². The van der Waals surface area contributed by atoms with Crippen LogP contribution in [0.15, 0.2) is 59.5 Å². The number of amides is 2. The summed E-state index contributed by atoms with van der Waals surface area (Å²) >= 11 is 12.3. The molecule has 7 nitrogen and oxygen atoms in total. The van der Waals surface area contributed by atoms with Crippen molar-refractivity contribution in [3.8, 4) is 5.75 Å². The quantitative estimate of drug-likeness (QED) is 0.392. The maximum Gasteiger partial charge on any atom is 0.319 e. The van der Waals surface area contributed by atoms with E-state index in [-0.39, 0.29) is 28.8 Å². The molecule has 4 rings (SSSR count). The molecule has 1 atom stereocenters. The van der Waals surface area contributed by atoms with Crippen LogP contribution in [0.5, 0.6) is 5.75 Å². The summed E-state index contributed by atoms with van der Waals surface area (Å²) in [5, 5.41) is 8.52. The summed E-state index contributed by atoms with van der Waals surface area (Å²) in [5.41, 5.74) is 4.23. The van der Waals surface area contributed by atoms with E-state index in [0.717, 1.165) is 25.1 Å². The Morgan fingerprint density at radius 1 is 1.11 bits per heavy atom. The minimum absolute atomic E-state index is 0. The van der Waals surface area contributed by atoms with Crippen molar-refractivity contribution in [2.45, 2.75) is 36.6 Å². The summed E-state index contributed by atoms with van der Waals surface area (Å²) in [6.45, 7) is 3.71. The summed E-state index contributed by atoms with van der Waals surface area (Å²) in [6.07, 6.45) is 0.932. The standard InChI is InChI=1S/C26H27Cl2N3O4S.ClH/c1-16(21-4-3-5-22(27)25(21)28)30-26(32)31-23-9-8-20(13-24(23)35-2)36(33,34)15-17-6-7-19-14-29-11-10-18(19)12-17;/h3-9,12-13,16,29H,10-11,14-15H2,1-2H3,(H2,30,31,32);1H. The fourth-order valence-electron chi connectivity index (χ4n) is 4.27. The summed E-state index contributed by atoms with van der Waals surface area (Å²) < 4.78 is 31.7. The van der Waals surface area contributed by atoms with Crippen LogP contribution >= 0.6 is 23.2 Å². The predicted molar refractivity (Wildman–Crippen MR) is 142 cm³/mol. The van der Waals surface area contributed by atoms with Gasteiger partial charge in [0, 0.05) is 18.1 Å². The highest BCUT2D eigenvalue weighted by molar-refractivity contribution is 7.90. The first kappa shape index (κ1) is 29.1. The monoisotopic (exact) mass is 583 g/mol. The average molecular weight is 585 g/mol. The molecule has 2 amide bonds. The number of rotatable bonds is 7. The van der Waals surface area contributed by atoms with Gasteiger partial charge in [0.2, 0.25) is 0 Å². The smallest absolute Gasteiger partial charge is 0.319 e. The number of hydrogen-bond acceptors (Lipinski definition) is 4. The van der Waals surface area contributed by atoms with Crippen LogP contribution in [0.25, 0.3) is 0 Å². The van der Waals surface area contributed by atoms with Gasteiger partial charge in [-0.05, 0) is 41.8 Å². The topological polar surface area (TPSA) is 101 Å². The molecule has 0 spiro atoms. The molecule has 0 aromatic heterocycles. The Morgan fingerprint density at radius 2 is 1.89 bits per heavy atom. The molecule has 0 saturated carbocycles. The third kappa shape index (κ3) is 6.89. The van der Waals surface area contributed by atoms with Gasteiger partial charge in [-0.25, -0.2) is 13.2 Å². The van der Waals surface area contributed by atoms with Crippen molar-refractivity contribution in [1.82, 2.24) is 5.32 Å². The van der Waals surface area contributed by atoms with Gasteiger partial charge >= 0.3 is 6.03 Å². The Hall–Kier alpha value is -2.49. The number of benzene rings is 3. The number of quaternary nitrogens is 1. The molecule has 4 N–H and O–H groups in total. The van der Waals surface area contributed by atoms with E-state index in [9.17, 15) is 13.2 Å². The molecule has 1 aliphatic rings. The minimum Gasteiger partial charge on any atom is -1.00 e. The van der Waals surface area contributed by atoms with E-state index in [0.29, 0.717) is 21.3 Å². The van der Waals surface area contributed by atoms with Gasteiger partial charge in [0.15, 0.2) is 9.84 Å². The lowest BCUT2D eigenvalue weighted by Gasteiger charge is -2.18. The SMILES string of the molecule is COc1cc(S(=O)(=O)Cc2ccc3c(c2)CC[NH2+]C3)ccc1NC(=O)NC(C)c1cccc(Cl)c1Cl.[Cl-]. The second kappa shape index (κ2) is 12.4. The van der Waals surface area contributed by atoms with Gasteiger partial charge in [-0.15, -0.1) is 0 Å².